The number of hydrogen-bond donors (Lipinski definition) is 1. The molecule has 1 atom stereocenters. The van der Waals surface area contributed by atoms with E-state index in [4.69, 9.17) is 10.5 Å². The zero-order valence-corrected chi connectivity index (χ0v) is 15.9. The van der Waals surface area contributed by atoms with Gasteiger partial charge >= 0.3 is 0 Å². The average molecular weight is 384 g/mol. The van der Waals surface area contributed by atoms with Gasteiger partial charge in [-0.05, 0) is 35.4 Å². The minimum atomic E-state index is -0.239. The summed E-state index contributed by atoms with van der Waals surface area (Å²) in [6.07, 6.45) is 10.6. The van der Waals surface area contributed by atoms with Crippen molar-refractivity contribution in [2.75, 3.05) is 12.8 Å². The molecule has 4 aromatic heterocycles. The topological polar surface area (TPSA) is 99.7 Å². The molecular formula is C22H20N6O. The summed E-state index contributed by atoms with van der Waals surface area (Å²) in [5, 5.41) is 0. The zero-order valence-electron chi connectivity index (χ0n) is 15.9. The predicted molar refractivity (Wildman–Crippen MR) is 109 cm³/mol. The summed E-state index contributed by atoms with van der Waals surface area (Å²) in [6, 6.07) is 13.7. The molecule has 0 bridgehead atoms. The first-order valence-electron chi connectivity index (χ1n) is 9.15. The SMILES string of the molecule is COc1ncccc1C(c1ccnc(N)n1)C(c1cccnc1)c1cccnc1. The van der Waals surface area contributed by atoms with Gasteiger partial charge in [-0.3, -0.25) is 9.97 Å². The first kappa shape index (κ1) is 18.5. The van der Waals surface area contributed by atoms with E-state index in [1.807, 2.05) is 54.9 Å². The van der Waals surface area contributed by atoms with Crippen molar-refractivity contribution in [2.24, 2.45) is 0 Å². The number of hydrogen-bond acceptors (Lipinski definition) is 7. The van der Waals surface area contributed by atoms with Crippen LogP contribution in [-0.4, -0.2) is 32.0 Å². The van der Waals surface area contributed by atoms with Crippen molar-refractivity contribution in [3.8, 4) is 5.88 Å². The molecule has 7 heteroatoms. The monoisotopic (exact) mass is 384 g/mol. The Morgan fingerprint density at radius 1 is 0.793 bits per heavy atom. The van der Waals surface area contributed by atoms with Gasteiger partial charge in [-0.1, -0.05) is 18.2 Å². The molecular weight excluding hydrogens is 364 g/mol. The van der Waals surface area contributed by atoms with Gasteiger partial charge in [0.1, 0.15) is 0 Å². The summed E-state index contributed by atoms with van der Waals surface area (Å²) in [5.74, 6) is 0.376. The number of anilines is 1. The third kappa shape index (κ3) is 3.89. The summed E-state index contributed by atoms with van der Waals surface area (Å²) in [5.41, 5.74) is 9.63. The highest BCUT2D eigenvalue weighted by Crippen LogP contribution is 2.44. The first-order valence-corrected chi connectivity index (χ1v) is 9.15. The molecule has 1 unspecified atom stereocenters. The van der Waals surface area contributed by atoms with Gasteiger partial charge in [-0.2, -0.15) is 0 Å². The van der Waals surface area contributed by atoms with Crippen molar-refractivity contribution in [2.45, 2.75) is 11.8 Å². The molecule has 4 heterocycles. The number of rotatable bonds is 6. The Kier molecular flexibility index (Phi) is 5.38. The quantitative estimate of drug-likeness (QED) is 0.545. The van der Waals surface area contributed by atoms with Crippen LogP contribution in [0.2, 0.25) is 0 Å². The van der Waals surface area contributed by atoms with E-state index in [0.29, 0.717) is 5.88 Å². The highest BCUT2D eigenvalue weighted by molar-refractivity contribution is 5.45. The van der Waals surface area contributed by atoms with Gasteiger partial charge in [-0.15, -0.1) is 0 Å². The van der Waals surface area contributed by atoms with E-state index in [-0.39, 0.29) is 17.8 Å². The van der Waals surface area contributed by atoms with Gasteiger partial charge in [0.25, 0.3) is 0 Å². The lowest BCUT2D eigenvalue weighted by molar-refractivity contribution is 0.388. The van der Waals surface area contributed by atoms with E-state index in [1.165, 1.54) is 0 Å². The molecule has 0 radical (unpaired) electrons. The Balaban J connectivity index is 1.99. The lowest BCUT2D eigenvalue weighted by atomic mass is 9.76. The third-order valence-electron chi connectivity index (χ3n) is 4.76. The lowest BCUT2D eigenvalue weighted by Crippen LogP contribution is -2.18. The van der Waals surface area contributed by atoms with Crippen LogP contribution in [0, 0.1) is 0 Å². The van der Waals surface area contributed by atoms with Crippen LogP contribution in [0.25, 0.3) is 0 Å². The van der Waals surface area contributed by atoms with Gasteiger partial charge < -0.3 is 10.5 Å². The number of ether oxygens (including phenoxy) is 1. The fourth-order valence-corrected chi connectivity index (χ4v) is 3.58. The fraction of sp³-hybridized carbons (Fsp3) is 0.136. The van der Waals surface area contributed by atoms with Crippen LogP contribution in [0.4, 0.5) is 5.95 Å². The van der Waals surface area contributed by atoms with Crippen LogP contribution in [0.5, 0.6) is 5.88 Å². The van der Waals surface area contributed by atoms with E-state index < -0.39 is 0 Å². The largest absolute Gasteiger partial charge is 0.481 e. The summed E-state index contributed by atoms with van der Waals surface area (Å²) < 4.78 is 5.58. The second-order valence-electron chi connectivity index (χ2n) is 6.47. The van der Waals surface area contributed by atoms with E-state index >= 15 is 0 Å². The summed E-state index contributed by atoms with van der Waals surface area (Å²) in [4.78, 5) is 21.7. The van der Waals surface area contributed by atoms with Gasteiger partial charge in [0.15, 0.2) is 0 Å². The number of aromatic nitrogens is 5. The van der Waals surface area contributed by atoms with Crippen molar-refractivity contribution < 1.29 is 4.74 Å². The van der Waals surface area contributed by atoms with Crippen LogP contribution < -0.4 is 10.5 Å². The van der Waals surface area contributed by atoms with Crippen molar-refractivity contribution in [3.63, 3.8) is 0 Å². The molecule has 0 aromatic carbocycles. The molecule has 0 aliphatic heterocycles. The molecule has 0 aliphatic rings. The van der Waals surface area contributed by atoms with Gasteiger partial charge in [0.05, 0.1) is 12.8 Å². The minimum absolute atomic E-state index is 0.134. The van der Waals surface area contributed by atoms with Crippen molar-refractivity contribution >= 4 is 5.95 Å². The summed E-state index contributed by atoms with van der Waals surface area (Å²) >= 11 is 0. The second-order valence-corrected chi connectivity index (χ2v) is 6.47. The number of nitrogens with zero attached hydrogens (tertiary/aromatic N) is 5. The molecule has 0 spiro atoms. The minimum Gasteiger partial charge on any atom is -0.481 e. The molecule has 2 N–H and O–H groups in total. The Hall–Kier alpha value is -3.87. The molecule has 4 rings (SSSR count). The Bertz CT molecular complexity index is 1040. The van der Waals surface area contributed by atoms with Crippen LogP contribution in [-0.2, 0) is 0 Å². The lowest BCUT2D eigenvalue weighted by Gasteiger charge is -2.28. The maximum absolute atomic E-state index is 5.93. The van der Waals surface area contributed by atoms with Crippen LogP contribution >= 0.6 is 0 Å². The maximum Gasteiger partial charge on any atom is 0.220 e. The Morgan fingerprint density at radius 3 is 2.07 bits per heavy atom. The van der Waals surface area contributed by atoms with E-state index in [1.54, 1.807) is 31.9 Å². The molecule has 29 heavy (non-hydrogen) atoms. The fourth-order valence-electron chi connectivity index (χ4n) is 3.58. The normalized spacial score (nSPS) is 11.9. The standard InChI is InChI=1S/C22H20N6O/c1-29-21-17(7-4-11-26-21)20(18-8-12-27-22(23)28-18)19(15-5-2-9-24-13-15)16-6-3-10-25-14-16/h2-14,19-20H,1H3,(H2,23,27,28). The van der Waals surface area contributed by atoms with Gasteiger partial charge in [-0.25, -0.2) is 15.0 Å². The Morgan fingerprint density at radius 2 is 1.48 bits per heavy atom. The molecule has 4 aromatic rings. The van der Waals surface area contributed by atoms with Crippen molar-refractivity contribution in [3.05, 3.63) is 102 Å². The van der Waals surface area contributed by atoms with Crippen LogP contribution in [0.15, 0.2) is 79.6 Å². The van der Waals surface area contributed by atoms with Crippen LogP contribution in [0.1, 0.15) is 34.2 Å². The summed E-state index contributed by atoms with van der Waals surface area (Å²) in [6.45, 7) is 0. The molecule has 0 amide bonds. The molecule has 7 nitrogen and oxygen atoms in total. The van der Waals surface area contributed by atoms with Gasteiger partial charge in [0.2, 0.25) is 11.8 Å². The number of pyridine rings is 3. The molecule has 0 saturated heterocycles. The first-order chi connectivity index (χ1) is 14.3. The van der Waals surface area contributed by atoms with Gasteiger partial charge in [0, 0.05) is 54.6 Å². The second kappa shape index (κ2) is 8.43. The van der Waals surface area contributed by atoms with Crippen molar-refractivity contribution in [1.29, 1.82) is 0 Å². The molecule has 0 saturated carbocycles. The van der Waals surface area contributed by atoms with E-state index in [0.717, 1.165) is 22.4 Å². The van der Waals surface area contributed by atoms with E-state index in [2.05, 4.69) is 24.9 Å². The maximum atomic E-state index is 5.93. The van der Waals surface area contributed by atoms with Crippen LogP contribution in [0.3, 0.4) is 0 Å². The average Bonchev–Trinajstić information content (AvgIpc) is 2.78. The molecule has 0 aliphatic carbocycles. The summed E-state index contributed by atoms with van der Waals surface area (Å²) in [7, 11) is 1.61. The zero-order chi connectivity index (χ0) is 20.1. The highest BCUT2D eigenvalue weighted by atomic mass is 16.5. The van der Waals surface area contributed by atoms with E-state index in [9.17, 15) is 0 Å². The molecule has 144 valence electrons. The smallest absolute Gasteiger partial charge is 0.220 e. The number of nitrogen functional groups attached to an aromatic ring is 1. The Labute approximate surface area is 168 Å². The van der Waals surface area contributed by atoms with Crippen molar-refractivity contribution in [1.82, 2.24) is 24.9 Å². The number of nitrogens with two attached hydrogens (primary N) is 1. The highest BCUT2D eigenvalue weighted by Gasteiger charge is 2.32. The predicted octanol–water partition coefficient (Wildman–Crippen LogP) is 3.22. The third-order valence-corrected chi connectivity index (χ3v) is 4.76. The molecule has 0 fully saturated rings. The number of methoxy groups -OCH3 is 1.